The van der Waals surface area contributed by atoms with Gasteiger partial charge in [0.05, 0.1) is 5.69 Å². The average Bonchev–Trinajstić information content (AvgIpc) is 2.86. The van der Waals surface area contributed by atoms with E-state index < -0.39 is 5.92 Å². The minimum Gasteiger partial charge on any atom is -0.733 e. The number of benzene rings is 3. The third-order valence-corrected chi connectivity index (χ3v) is 6.48. The van der Waals surface area contributed by atoms with E-state index in [0.29, 0.717) is 39.5 Å². The number of hydrogen-bond donors (Lipinski definition) is 4. The van der Waals surface area contributed by atoms with Gasteiger partial charge >= 0.3 is 0 Å². The van der Waals surface area contributed by atoms with Crippen molar-refractivity contribution in [2.24, 2.45) is 0 Å². The van der Waals surface area contributed by atoms with Crippen molar-refractivity contribution in [3.8, 4) is 0 Å². The number of hydrogen-bond acceptors (Lipinski definition) is 6. The van der Waals surface area contributed by atoms with E-state index in [1.54, 1.807) is 26.0 Å². The lowest BCUT2D eigenvalue weighted by molar-refractivity contribution is -0.113. The lowest BCUT2D eigenvalue weighted by Gasteiger charge is -2.32. The molecule has 0 aromatic heterocycles. The molecule has 0 saturated heterocycles. The van der Waals surface area contributed by atoms with Crippen LogP contribution >= 0.6 is 0 Å². The van der Waals surface area contributed by atoms with E-state index in [2.05, 4.69) is 16.0 Å². The highest BCUT2D eigenvalue weighted by atomic mass is 16.8. The largest absolute Gasteiger partial charge is 0.733 e. The number of allylic oxidation sites excluding steroid dienone is 2. The summed E-state index contributed by atoms with van der Waals surface area (Å²) in [4.78, 5) is 27.4. The molecule has 0 fully saturated rings. The summed E-state index contributed by atoms with van der Waals surface area (Å²) in [6, 6.07) is 21.1. The zero-order valence-electron chi connectivity index (χ0n) is 21.1. The summed E-state index contributed by atoms with van der Waals surface area (Å²) in [5.41, 5.74) is 5.77. The number of para-hydroxylation sites is 2. The Kier molecular flexibility index (Phi) is 7.42. The van der Waals surface area contributed by atoms with Crippen molar-refractivity contribution in [2.75, 3.05) is 15.9 Å². The summed E-state index contributed by atoms with van der Waals surface area (Å²) in [5, 5.41) is 29.6. The number of nitrogens with zero attached hydrogens (tertiary/aromatic N) is 1. The van der Waals surface area contributed by atoms with Crippen LogP contribution in [-0.4, -0.2) is 17.0 Å². The average molecular weight is 498 g/mol. The number of dihydropyridines is 1. The molecule has 1 heterocycles. The smallest absolute Gasteiger partial charge is 0.254 e. The number of rotatable bonds is 6. The van der Waals surface area contributed by atoms with Crippen LogP contribution < -0.4 is 21.2 Å². The molecule has 8 heteroatoms. The molecule has 37 heavy (non-hydrogen) atoms. The van der Waals surface area contributed by atoms with Crippen LogP contribution in [0.4, 0.5) is 17.1 Å². The number of aryl methyl sites for hydroxylation is 2. The molecule has 4 rings (SSSR count). The second-order valence-electron chi connectivity index (χ2n) is 9.04. The predicted molar refractivity (Wildman–Crippen MR) is 145 cm³/mol. The maximum absolute atomic E-state index is 13.7. The van der Waals surface area contributed by atoms with E-state index in [1.165, 1.54) is 12.1 Å². The lowest BCUT2D eigenvalue weighted by Crippen LogP contribution is -2.35. The Hall–Kier alpha value is -4.40. The Balaban J connectivity index is 1.79. The highest BCUT2D eigenvalue weighted by Gasteiger charge is 2.36. The summed E-state index contributed by atoms with van der Waals surface area (Å²) < 4.78 is 0. The Labute approximate surface area is 215 Å². The summed E-state index contributed by atoms with van der Waals surface area (Å²) in [7, 11) is 0. The van der Waals surface area contributed by atoms with Gasteiger partial charge in [0, 0.05) is 39.8 Å². The molecule has 0 aliphatic carbocycles. The standard InChI is InChI=1S/C29H29N4O4/c1-17-9-5-7-11-23(17)31-28(34)25-19(3)30-20(4)26(29(35)32-24-12-8-6-10-18(24)2)27(25)21-13-15-22(16-14-21)33(36)37/h5-16,27,30,36H,1-4H3,(H,31,34)(H,32,35)/q-1. The molecule has 3 aromatic carbocycles. The molecule has 8 nitrogen and oxygen atoms in total. The molecule has 2 amide bonds. The minimum atomic E-state index is -0.734. The number of anilines is 3. The molecule has 0 unspecified atom stereocenters. The fourth-order valence-electron chi connectivity index (χ4n) is 4.53. The van der Waals surface area contributed by atoms with Gasteiger partial charge in [-0.3, -0.25) is 14.8 Å². The van der Waals surface area contributed by atoms with Gasteiger partial charge in [0.15, 0.2) is 0 Å². The zero-order chi connectivity index (χ0) is 26.7. The van der Waals surface area contributed by atoms with Crippen LogP contribution in [0.5, 0.6) is 0 Å². The summed E-state index contributed by atoms with van der Waals surface area (Å²) in [6.07, 6.45) is 0. The van der Waals surface area contributed by atoms with Gasteiger partial charge in [-0.05, 0) is 68.7 Å². The van der Waals surface area contributed by atoms with Crippen LogP contribution in [0.1, 0.15) is 36.5 Å². The molecule has 190 valence electrons. The first-order chi connectivity index (χ1) is 17.7. The summed E-state index contributed by atoms with van der Waals surface area (Å²) in [6.45, 7) is 7.39. The topological polar surface area (TPSA) is 117 Å². The van der Waals surface area contributed by atoms with Crippen LogP contribution in [0.25, 0.3) is 0 Å². The molecular formula is C29H29N4O4-. The highest BCUT2D eigenvalue weighted by molar-refractivity contribution is 6.12. The first-order valence-corrected chi connectivity index (χ1v) is 11.9. The molecule has 1 aliphatic heterocycles. The highest BCUT2D eigenvalue weighted by Crippen LogP contribution is 2.40. The third-order valence-electron chi connectivity index (χ3n) is 6.48. The fraction of sp³-hybridized carbons (Fsp3) is 0.172. The van der Waals surface area contributed by atoms with Gasteiger partial charge < -0.3 is 26.4 Å². The van der Waals surface area contributed by atoms with Crippen LogP contribution in [0.2, 0.25) is 0 Å². The number of carbonyl (C=O) groups excluding carboxylic acids is 2. The predicted octanol–water partition coefficient (Wildman–Crippen LogP) is 5.51. The van der Waals surface area contributed by atoms with Gasteiger partial charge in [0.25, 0.3) is 11.8 Å². The number of nitrogens with one attached hydrogen (secondary N) is 3. The maximum Gasteiger partial charge on any atom is 0.254 e. The van der Waals surface area contributed by atoms with Crippen LogP contribution in [-0.2, 0) is 9.59 Å². The Morgan fingerprint density at radius 1 is 0.757 bits per heavy atom. The number of carbonyl (C=O) groups is 2. The van der Waals surface area contributed by atoms with E-state index in [0.717, 1.165) is 11.1 Å². The van der Waals surface area contributed by atoms with Gasteiger partial charge in [-0.25, -0.2) is 0 Å². The van der Waals surface area contributed by atoms with E-state index in [1.807, 2.05) is 62.4 Å². The first-order valence-electron chi connectivity index (χ1n) is 11.9. The monoisotopic (exact) mass is 497 g/mol. The van der Waals surface area contributed by atoms with E-state index in [-0.39, 0.29) is 22.7 Å². The lowest BCUT2D eigenvalue weighted by atomic mass is 9.79. The van der Waals surface area contributed by atoms with Gasteiger partial charge in [0.2, 0.25) is 0 Å². The SMILES string of the molecule is CC1=C(C(=O)Nc2ccccc2C)C(c2ccc(N([O-])O)cc2)C(C(=O)Nc2ccccc2C)=C(C)N1. The van der Waals surface area contributed by atoms with Gasteiger partial charge in [-0.1, -0.05) is 48.5 Å². The van der Waals surface area contributed by atoms with Crippen molar-refractivity contribution in [2.45, 2.75) is 33.6 Å². The van der Waals surface area contributed by atoms with Crippen molar-refractivity contribution < 1.29 is 14.8 Å². The van der Waals surface area contributed by atoms with Crippen LogP contribution in [0, 0.1) is 19.1 Å². The maximum atomic E-state index is 13.7. The van der Waals surface area contributed by atoms with E-state index in [4.69, 9.17) is 0 Å². The zero-order valence-corrected chi connectivity index (χ0v) is 21.1. The summed E-state index contributed by atoms with van der Waals surface area (Å²) >= 11 is 0. The molecule has 0 saturated carbocycles. The summed E-state index contributed by atoms with van der Waals surface area (Å²) in [5.74, 6) is -1.44. The fourth-order valence-corrected chi connectivity index (χ4v) is 4.53. The van der Waals surface area contributed by atoms with Crippen LogP contribution in [0.3, 0.4) is 0 Å². The Bertz CT molecular complexity index is 1330. The molecular weight excluding hydrogens is 468 g/mol. The molecule has 3 aromatic rings. The van der Waals surface area contributed by atoms with Gasteiger partial charge in [-0.15, -0.1) is 0 Å². The third kappa shape index (κ3) is 5.40. The van der Waals surface area contributed by atoms with Crippen molar-refractivity contribution >= 4 is 28.9 Å². The molecule has 0 bridgehead atoms. The normalized spacial score (nSPS) is 13.8. The van der Waals surface area contributed by atoms with E-state index >= 15 is 0 Å². The van der Waals surface area contributed by atoms with Gasteiger partial charge in [-0.2, -0.15) is 0 Å². The van der Waals surface area contributed by atoms with E-state index in [9.17, 15) is 20.0 Å². The van der Waals surface area contributed by atoms with Crippen molar-refractivity contribution in [1.82, 2.24) is 5.32 Å². The first kappa shape index (κ1) is 25.7. The van der Waals surface area contributed by atoms with Crippen molar-refractivity contribution in [3.05, 3.63) is 117 Å². The van der Waals surface area contributed by atoms with Gasteiger partial charge in [0.1, 0.15) is 0 Å². The molecule has 0 spiro atoms. The molecule has 1 aliphatic rings. The minimum absolute atomic E-state index is 0.0379. The number of amides is 2. The second-order valence-corrected chi connectivity index (χ2v) is 9.04. The second kappa shape index (κ2) is 10.7. The van der Waals surface area contributed by atoms with Crippen molar-refractivity contribution in [3.63, 3.8) is 0 Å². The molecule has 4 N–H and O–H groups in total. The quantitative estimate of drug-likeness (QED) is 0.334. The van der Waals surface area contributed by atoms with Crippen LogP contribution in [0.15, 0.2) is 95.3 Å². The Morgan fingerprint density at radius 3 is 1.59 bits per heavy atom. The molecule has 0 atom stereocenters. The molecule has 0 radical (unpaired) electrons. The Morgan fingerprint density at radius 2 is 1.19 bits per heavy atom. The van der Waals surface area contributed by atoms with Crippen molar-refractivity contribution in [1.29, 1.82) is 0 Å².